The maximum Gasteiger partial charge on any atom is 0.229 e. The first-order chi connectivity index (χ1) is 9.19. The first kappa shape index (κ1) is 13.4. The number of rotatable bonds is 1. The van der Waals surface area contributed by atoms with E-state index < -0.39 is 0 Å². The van der Waals surface area contributed by atoms with Gasteiger partial charge >= 0.3 is 0 Å². The van der Waals surface area contributed by atoms with Crippen LogP contribution in [0.2, 0.25) is 0 Å². The van der Waals surface area contributed by atoms with E-state index in [0.717, 1.165) is 50.9 Å². The molecule has 0 aromatic heterocycles. The van der Waals surface area contributed by atoms with Gasteiger partial charge in [-0.15, -0.1) is 0 Å². The van der Waals surface area contributed by atoms with E-state index in [1.54, 1.807) is 0 Å². The maximum atomic E-state index is 12.8. The van der Waals surface area contributed by atoms with Crippen LogP contribution in [0.5, 0.6) is 0 Å². The van der Waals surface area contributed by atoms with Crippen LogP contribution < -0.4 is 5.32 Å². The topological polar surface area (TPSA) is 32.3 Å². The standard InChI is InChI=1S/C16H28N2O/c1-16(8-4-9-17-12-16)15(19)18-10-7-13-5-2-3-6-14(13)11-18/h13-14,17H,2-12H2,1H3. The quantitative estimate of drug-likeness (QED) is 0.789. The Hall–Kier alpha value is -0.570. The zero-order valence-electron chi connectivity index (χ0n) is 12.3. The Labute approximate surface area is 117 Å². The number of nitrogens with one attached hydrogen (secondary N) is 1. The minimum Gasteiger partial charge on any atom is -0.342 e. The summed E-state index contributed by atoms with van der Waals surface area (Å²) in [6, 6.07) is 0. The molecule has 2 saturated heterocycles. The van der Waals surface area contributed by atoms with Crippen molar-refractivity contribution in [2.75, 3.05) is 26.2 Å². The van der Waals surface area contributed by atoms with E-state index in [2.05, 4.69) is 17.1 Å². The fraction of sp³-hybridized carbons (Fsp3) is 0.938. The van der Waals surface area contributed by atoms with E-state index in [9.17, 15) is 4.79 Å². The largest absolute Gasteiger partial charge is 0.342 e. The number of nitrogens with zero attached hydrogens (tertiary/aromatic N) is 1. The molecule has 0 aromatic rings. The molecule has 3 fully saturated rings. The fourth-order valence-corrected chi connectivity index (χ4v) is 4.41. The minimum absolute atomic E-state index is 0.139. The van der Waals surface area contributed by atoms with Gasteiger partial charge < -0.3 is 10.2 Å². The van der Waals surface area contributed by atoms with Gasteiger partial charge in [-0.05, 0) is 51.0 Å². The van der Waals surface area contributed by atoms with Gasteiger partial charge in [-0.1, -0.05) is 19.3 Å². The third-order valence-electron chi connectivity index (χ3n) is 5.69. The first-order valence-corrected chi connectivity index (χ1v) is 8.19. The predicted octanol–water partition coefficient (Wildman–Crippen LogP) is 2.41. The molecule has 0 bridgehead atoms. The number of amides is 1. The average molecular weight is 264 g/mol. The lowest BCUT2D eigenvalue weighted by Gasteiger charge is -2.45. The van der Waals surface area contributed by atoms with Gasteiger partial charge in [-0.25, -0.2) is 0 Å². The zero-order chi connectivity index (χ0) is 13.3. The fourth-order valence-electron chi connectivity index (χ4n) is 4.41. The normalized spacial score (nSPS) is 39.7. The second-order valence-electron chi connectivity index (χ2n) is 7.19. The highest BCUT2D eigenvalue weighted by molar-refractivity contribution is 5.82. The molecule has 2 heterocycles. The Kier molecular flexibility index (Phi) is 3.84. The maximum absolute atomic E-state index is 12.8. The molecule has 3 unspecified atom stereocenters. The minimum atomic E-state index is -0.139. The molecule has 19 heavy (non-hydrogen) atoms. The second-order valence-corrected chi connectivity index (χ2v) is 7.19. The molecule has 1 N–H and O–H groups in total. The van der Waals surface area contributed by atoms with Crippen molar-refractivity contribution in [3.8, 4) is 0 Å². The smallest absolute Gasteiger partial charge is 0.229 e. The Balaban J connectivity index is 1.64. The molecule has 2 aliphatic heterocycles. The summed E-state index contributed by atoms with van der Waals surface area (Å²) in [5, 5.41) is 3.40. The van der Waals surface area contributed by atoms with Crippen molar-refractivity contribution in [1.29, 1.82) is 0 Å². The van der Waals surface area contributed by atoms with Crippen molar-refractivity contribution in [2.45, 2.75) is 51.9 Å². The third kappa shape index (κ3) is 2.67. The molecule has 3 heteroatoms. The van der Waals surface area contributed by atoms with E-state index in [1.165, 1.54) is 32.1 Å². The van der Waals surface area contributed by atoms with Crippen LogP contribution in [-0.2, 0) is 4.79 Å². The van der Waals surface area contributed by atoms with Gasteiger partial charge in [0.25, 0.3) is 0 Å². The molecule has 3 nitrogen and oxygen atoms in total. The average Bonchev–Trinajstić information content (AvgIpc) is 2.47. The van der Waals surface area contributed by atoms with Crippen LogP contribution >= 0.6 is 0 Å². The Bertz CT molecular complexity index is 336. The van der Waals surface area contributed by atoms with Crippen LogP contribution in [-0.4, -0.2) is 37.0 Å². The predicted molar refractivity (Wildman–Crippen MR) is 76.9 cm³/mol. The molecular weight excluding hydrogens is 236 g/mol. The summed E-state index contributed by atoms with van der Waals surface area (Å²) in [5.41, 5.74) is -0.139. The molecule has 1 amide bonds. The van der Waals surface area contributed by atoms with Gasteiger partial charge in [0.05, 0.1) is 5.41 Å². The summed E-state index contributed by atoms with van der Waals surface area (Å²) in [5.74, 6) is 2.13. The van der Waals surface area contributed by atoms with Gasteiger partial charge in [-0.3, -0.25) is 4.79 Å². The summed E-state index contributed by atoms with van der Waals surface area (Å²) in [6.07, 6.45) is 9.00. The second kappa shape index (κ2) is 5.43. The summed E-state index contributed by atoms with van der Waals surface area (Å²) in [4.78, 5) is 15.0. The molecule has 1 aliphatic carbocycles. The number of fused-ring (bicyclic) bond motifs is 1. The number of hydrogen-bond donors (Lipinski definition) is 1. The molecule has 0 radical (unpaired) electrons. The molecule has 3 atom stereocenters. The van der Waals surface area contributed by atoms with Gasteiger partial charge in [0.1, 0.15) is 0 Å². The number of piperidine rings is 2. The third-order valence-corrected chi connectivity index (χ3v) is 5.69. The van der Waals surface area contributed by atoms with Crippen molar-refractivity contribution in [3.63, 3.8) is 0 Å². The molecule has 108 valence electrons. The number of carbonyl (C=O) groups is 1. The van der Waals surface area contributed by atoms with E-state index in [4.69, 9.17) is 0 Å². The number of carbonyl (C=O) groups excluding carboxylic acids is 1. The van der Waals surface area contributed by atoms with Crippen LogP contribution in [0.4, 0.5) is 0 Å². The summed E-state index contributed by atoms with van der Waals surface area (Å²) in [6.45, 7) is 6.16. The Morgan fingerprint density at radius 2 is 1.95 bits per heavy atom. The Morgan fingerprint density at radius 1 is 1.16 bits per heavy atom. The monoisotopic (exact) mass is 264 g/mol. The number of likely N-dealkylation sites (tertiary alicyclic amines) is 1. The highest BCUT2D eigenvalue weighted by Crippen LogP contribution is 2.38. The van der Waals surface area contributed by atoms with Gasteiger partial charge in [0.2, 0.25) is 5.91 Å². The van der Waals surface area contributed by atoms with Crippen molar-refractivity contribution in [1.82, 2.24) is 10.2 Å². The molecule has 0 spiro atoms. The van der Waals surface area contributed by atoms with Crippen LogP contribution in [0.25, 0.3) is 0 Å². The SMILES string of the molecule is CC1(C(=O)N2CCC3CCCCC3C2)CCCNC1. The lowest BCUT2D eigenvalue weighted by atomic mass is 9.74. The van der Waals surface area contributed by atoms with E-state index in [0.29, 0.717) is 5.91 Å². The van der Waals surface area contributed by atoms with Gasteiger partial charge in [0, 0.05) is 19.6 Å². The first-order valence-electron chi connectivity index (χ1n) is 8.19. The lowest BCUT2D eigenvalue weighted by Crippen LogP contribution is -2.54. The number of hydrogen-bond acceptors (Lipinski definition) is 2. The van der Waals surface area contributed by atoms with Crippen LogP contribution in [0.15, 0.2) is 0 Å². The Morgan fingerprint density at radius 3 is 2.68 bits per heavy atom. The van der Waals surface area contributed by atoms with E-state index in [-0.39, 0.29) is 5.41 Å². The summed E-state index contributed by atoms with van der Waals surface area (Å²) < 4.78 is 0. The highest BCUT2D eigenvalue weighted by Gasteiger charge is 2.41. The van der Waals surface area contributed by atoms with Crippen molar-refractivity contribution in [3.05, 3.63) is 0 Å². The highest BCUT2D eigenvalue weighted by atomic mass is 16.2. The van der Waals surface area contributed by atoms with Crippen molar-refractivity contribution >= 4 is 5.91 Å². The van der Waals surface area contributed by atoms with Crippen molar-refractivity contribution in [2.24, 2.45) is 17.3 Å². The molecule has 1 saturated carbocycles. The van der Waals surface area contributed by atoms with E-state index in [1.807, 2.05) is 0 Å². The van der Waals surface area contributed by atoms with Crippen LogP contribution in [0.3, 0.4) is 0 Å². The van der Waals surface area contributed by atoms with E-state index >= 15 is 0 Å². The molecule has 3 aliphatic rings. The van der Waals surface area contributed by atoms with Crippen LogP contribution in [0, 0.1) is 17.3 Å². The molecule has 0 aromatic carbocycles. The summed E-state index contributed by atoms with van der Waals surface area (Å²) in [7, 11) is 0. The molecular formula is C16H28N2O. The van der Waals surface area contributed by atoms with Gasteiger partial charge in [0.15, 0.2) is 0 Å². The zero-order valence-corrected chi connectivity index (χ0v) is 12.3. The lowest BCUT2D eigenvalue weighted by molar-refractivity contribution is -0.145. The molecule has 3 rings (SSSR count). The summed E-state index contributed by atoms with van der Waals surface area (Å²) >= 11 is 0. The van der Waals surface area contributed by atoms with Gasteiger partial charge in [-0.2, -0.15) is 0 Å². The van der Waals surface area contributed by atoms with Crippen LogP contribution in [0.1, 0.15) is 51.9 Å². The van der Waals surface area contributed by atoms with Crippen molar-refractivity contribution < 1.29 is 4.79 Å².